The predicted molar refractivity (Wildman–Crippen MR) is 28.4 cm³/mol. The highest BCUT2D eigenvalue weighted by molar-refractivity contribution is 4.83. The topological polar surface area (TPSA) is 29.7 Å². The quantitative estimate of drug-likeness (QED) is 0.584. The number of nitrogens with zero attached hydrogens (tertiary/aromatic N) is 3. The smallest absolute Gasteiger partial charge is 0.161 e. The van der Waals surface area contributed by atoms with Crippen LogP contribution in [-0.2, 0) is 6.18 Å². The maximum absolute atomic E-state index is 12.6. The van der Waals surface area contributed by atoms with Crippen molar-refractivity contribution in [2.75, 3.05) is 0 Å². The third kappa shape index (κ3) is 1.87. The molecule has 3 nitrogen and oxygen atoms in total. The van der Waals surface area contributed by atoms with Crippen LogP contribution in [0, 0.1) is 13.0 Å². The summed E-state index contributed by atoms with van der Waals surface area (Å²) in [7, 11) is 0. The van der Waals surface area contributed by atoms with Gasteiger partial charge in [0.1, 0.15) is 0 Å². The molecule has 0 saturated carbocycles. The van der Waals surface area contributed by atoms with Crippen LogP contribution < -0.4 is 4.79 Å². The number of aromatic nitrogens is 3. The van der Waals surface area contributed by atoms with Crippen LogP contribution in [0.5, 0.6) is 0 Å². The fourth-order valence-electron chi connectivity index (χ4n) is 0.662. The number of rotatable bonds is 0. The first-order chi connectivity index (χ1) is 5.82. The Morgan fingerprint density at radius 2 is 1.77 bits per heavy atom. The molecule has 0 saturated heterocycles. The lowest BCUT2D eigenvalue weighted by molar-refractivity contribution is -0.865. The Hall–Kier alpha value is -1.34. The number of aryl methyl sites for hydroxylation is 1. The molecule has 0 aromatic carbocycles. The van der Waals surface area contributed by atoms with Gasteiger partial charge in [-0.15, -0.1) is 4.39 Å². The first-order valence-electron chi connectivity index (χ1n) is 3.02. The van der Waals surface area contributed by atoms with E-state index in [-0.39, 0.29) is 0 Å². The molecule has 0 aliphatic rings. The van der Waals surface area contributed by atoms with E-state index in [1.54, 1.807) is 0 Å². The molecule has 0 N–H and O–H groups in total. The largest absolute Gasteiger partial charge is 0.485 e. The zero-order valence-corrected chi connectivity index (χ0v) is 6.23. The average molecular weight is 200 g/mol. The number of halogens is 5. The average Bonchev–Trinajstić information content (AvgIpc) is 1.94. The van der Waals surface area contributed by atoms with Crippen molar-refractivity contribution in [3.63, 3.8) is 0 Å². The van der Waals surface area contributed by atoms with Crippen LogP contribution in [0.1, 0.15) is 11.6 Å². The lowest BCUT2D eigenvalue weighted by atomic mass is 10.5. The molecule has 0 amide bonds. The molecule has 0 aliphatic heterocycles. The van der Waals surface area contributed by atoms with Gasteiger partial charge in [-0.25, -0.2) is 0 Å². The van der Waals surface area contributed by atoms with Gasteiger partial charge in [0.05, 0.1) is 0 Å². The monoisotopic (exact) mass is 200 g/mol. The van der Waals surface area contributed by atoms with Gasteiger partial charge in [0, 0.05) is 6.92 Å². The van der Waals surface area contributed by atoms with Crippen molar-refractivity contribution >= 4 is 0 Å². The van der Waals surface area contributed by atoms with Crippen molar-refractivity contribution in [1.82, 2.24) is 9.97 Å². The van der Waals surface area contributed by atoms with Gasteiger partial charge in [-0.1, -0.05) is 0 Å². The van der Waals surface area contributed by atoms with Crippen molar-refractivity contribution in [2.24, 2.45) is 0 Å². The van der Waals surface area contributed by atoms with E-state index in [2.05, 4.69) is 9.97 Å². The van der Waals surface area contributed by atoms with Gasteiger partial charge in [0.25, 0.3) is 5.82 Å². The Labute approximate surface area is 68.8 Å². The Morgan fingerprint density at radius 3 is 2.23 bits per heavy atom. The van der Waals surface area contributed by atoms with Crippen LogP contribution in [0.15, 0.2) is 0 Å². The van der Waals surface area contributed by atoms with Gasteiger partial charge in [-0.3, -0.25) is 0 Å². The second-order valence-corrected chi connectivity index (χ2v) is 2.14. The van der Waals surface area contributed by atoms with Gasteiger partial charge in [0.15, 0.2) is 0 Å². The zero-order valence-electron chi connectivity index (χ0n) is 6.23. The number of alkyl halides is 3. The summed E-state index contributed by atoms with van der Waals surface area (Å²) >= 11 is 0. The summed E-state index contributed by atoms with van der Waals surface area (Å²) in [4.78, 5) is 4.23. The normalized spacial score (nSPS) is 11.8. The highest BCUT2D eigenvalue weighted by Crippen LogP contribution is 2.24. The lowest BCUT2D eigenvalue weighted by Crippen LogP contribution is -2.40. The Bertz CT molecular complexity index is 334. The van der Waals surface area contributed by atoms with Crippen LogP contribution in [0.25, 0.3) is 0 Å². The van der Waals surface area contributed by atoms with Crippen LogP contribution in [0.4, 0.5) is 22.0 Å². The molecule has 8 heteroatoms. The fourth-order valence-corrected chi connectivity index (χ4v) is 0.662. The van der Waals surface area contributed by atoms with Gasteiger partial charge in [0.2, 0.25) is 0 Å². The molecule has 0 radical (unpaired) electrons. The standard InChI is InChI=1S/C5H3F5N3/c1-2-11-4(6)12-3(13(2)10)5(7,8)9/h1H3/q+1. The van der Waals surface area contributed by atoms with E-state index in [0.717, 1.165) is 6.92 Å². The van der Waals surface area contributed by atoms with Crippen molar-refractivity contribution in [3.05, 3.63) is 17.7 Å². The molecule has 1 heterocycles. The Kier molecular flexibility index (Phi) is 2.14. The predicted octanol–water partition coefficient (Wildman–Crippen LogP) is 0.963. The van der Waals surface area contributed by atoms with Crippen molar-refractivity contribution in [1.29, 1.82) is 0 Å². The van der Waals surface area contributed by atoms with Gasteiger partial charge < -0.3 is 0 Å². The summed E-state index contributed by atoms with van der Waals surface area (Å²) in [5.41, 5.74) is 0. The molecule has 1 aromatic heterocycles. The molecule has 0 spiro atoms. The molecule has 0 aliphatic carbocycles. The van der Waals surface area contributed by atoms with Crippen LogP contribution in [-0.4, -0.2) is 9.97 Å². The SMILES string of the molecule is Cc1nc(F)nc(C(F)(F)F)[n+]1F. The second kappa shape index (κ2) is 2.86. The lowest BCUT2D eigenvalue weighted by Gasteiger charge is -2.00. The summed E-state index contributed by atoms with van der Waals surface area (Å²) in [6, 6.07) is 0. The molecule has 1 aromatic rings. The van der Waals surface area contributed by atoms with Crippen molar-refractivity contribution < 1.29 is 26.8 Å². The molecule has 13 heavy (non-hydrogen) atoms. The molecule has 1 rings (SSSR count). The molecule has 0 unspecified atom stereocenters. The third-order valence-electron chi connectivity index (χ3n) is 1.18. The van der Waals surface area contributed by atoms with Crippen molar-refractivity contribution in [3.8, 4) is 0 Å². The van der Waals surface area contributed by atoms with Gasteiger partial charge in [-0.2, -0.15) is 13.2 Å². The van der Waals surface area contributed by atoms with Gasteiger partial charge >= 0.3 is 18.1 Å². The summed E-state index contributed by atoms with van der Waals surface area (Å²) in [5.74, 6) is -2.71. The Morgan fingerprint density at radius 1 is 1.23 bits per heavy atom. The van der Waals surface area contributed by atoms with E-state index >= 15 is 0 Å². The van der Waals surface area contributed by atoms with E-state index in [1.807, 2.05) is 0 Å². The number of hydrogen-bond acceptors (Lipinski definition) is 2. The van der Waals surface area contributed by atoms with Gasteiger partial charge in [-0.05, 0) is 19.2 Å². The minimum absolute atomic E-state index is 0.750. The van der Waals surface area contributed by atoms with E-state index in [4.69, 9.17) is 0 Å². The van der Waals surface area contributed by atoms with Crippen LogP contribution in [0.3, 0.4) is 0 Å². The van der Waals surface area contributed by atoms with Crippen LogP contribution >= 0.6 is 0 Å². The summed E-state index contributed by atoms with van der Waals surface area (Å²) in [6.45, 7) is 0.889. The molecule has 0 atom stereocenters. The first kappa shape index (κ1) is 9.75. The minimum Gasteiger partial charge on any atom is -0.161 e. The molecule has 0 fully saturated rings. The maximum Gasteiger partial charge on any atom is 0.485 e. The zero-order chi connectivity index (χ0) is 10.2. The first-order valence-corrected chi connectivity index (χ1v) is 3.02. The minimum atomic E-state index is -5.04. The third-order valence-corrected chi connectivity index (χ3v) is 1.18. The summed E-state index contributed by atoms with van der Waals surface area (Å²) < 4.78 is 60.5. The highest BCUT2D eigenvalue weighted by Gasteiger charge is 2.44. The fraction of sp³-hybridized carbons (Fsp3) is 0.400. The van der Waals surface area contributed by atoms with Crippen LogP contribution in [0.2, 0.25) is 0 Å². The van der Waals surface area contributed by atoms with Crippen molar-refractivity contribution in [2.45, 2.75) is 13.1 Å². The van der Waals surface area contributed by atoms with E-state index in [0.29, 0.717) is 0 Å². The second-order valence-electron chi connectivity index (χ2n) is 2.14. The van der Waals surface area contributed by atoms with E-state index in [1.165, 1.54) is 0 Å². The summed E-state index contributed by atoms with van der Waals surface area (Å²) in [6.07, 6.45) is -6.65. The molecule has 72 valence electrons. The molecule has 0 bridgehead atoms. The highest BCUT2D eigenvalue weighted by atomic mass is 19.4. The molecular formula is C5H3F5N3+. The van der Waals surface area contributed by atoms with E-state index < -0.39 is 28.7 Å². The Balaban J connectivity index is 3.37. The summed E-state index contributed by atoms with van der Waals surface area (Å²) in [5, 5.41) is 0. The number of hydrogen-bond donors (Lipinski definition) is 0. The maximum atomic E-state index is 12.6. The molecular weight excluding hydrogens is 197 g/mol. The van der Waals surface area contributed by atoms with E-state index in [9.17, 15) is 22.0 Å².